The van der Waals surface area contributed by atoms with Crippen molar-refractivity contribution in [3.05, 3.63) is 88.2 Å². The van der Waals surface area contributed by atoms with E-state index in [2.05, 4.69) is 25.6 Å². The fourth-order valence-electron chi connectivity index (χ4n) is 6.19. The zero-order valence-corrected chi connectivity index (χ0v) is 23.9. The van der Waals surface area contributed by atoms with Crippen LogP contribution >= 0.6 is 11.6 Å². The number of amides is 1. The molecule has 1 amide bonds. The maximum absolute atomic E-state index is 15.8. The number of primary amides is 1. The highest BCUT2D eigenvalue weighted by molar-refractivity contribution is 6.34. The van der Waals surface area contributed by atoms with Crippen molar-refractivity contribution in [2.24, 2.45) is 5.73 Å². The van der Waals surface area contributed by atoms with Gasteiger partial charge in [-0.1, -0.05) is 41.9 Å². The molecule has 44 heavy (non-hydrogen) atoms. The average molecular weight is 631 g/mol. The predicted octanol–water partition coefficient (Wildman–Crippen LogP) is 5.58. The van der Waals surface area contributed by atoms with Gasteiger partial charge in [0.15, 0.2) is 17.2 Å². The minimum atomic E-state index is -3.35. The van der Waals surface area contributed by atoms with Crippen LogP contribution in [0, 0.1) is 11.6 Å². The van der Waals surface area contributed by atoms with Gasteiger partial charge < -0.3 is 20.5 Å². The highest BCUT2D eigenvalue weighted by Gasteiger charge is 2.44. The number of nitrogens with one attached hydrogen (secondary N) is 1. The first-order valence-electron chi connectivity index (χ1n) is 14.0. The quantitative estimate of drug-likeness (QED) is 0.232. The molecule has 1 atom stereocenters. The van der Waals surface area contributed by atoms with Gasteiger partial charge in [-0.25, -0.2) is 13.5 Å². The van der Waals surface area contributed by atoms with E-state index in [-0.39, 0.29) is 35.4 Å². The normalized spacial score (nSPS) is 21.2. The van der Waals surface area contributed by atoms with E-state index in [0.717, 1.165) is 49.4 Å². The molecule has 2 aliphatic rings. The van der Waals surface area contributed by atoms with Crippen LogP contribution < -0.4 is 20.5 Å². The first kappa shape index (κ1) is 29.8. The molecule has 2 heterocycles. The van der Waals surface area contributed by atoms with E-state index in [1.165, 1.54) is 0 Å². The number of benzene rings is 3. The number of halogens is 5. The highest BCUT2D eigenvalue weighted by atomic mass is 35.5. The number of tetrazole rings is 1. The van der Waals surface area contributed by atoms with Gasteiger partial charge in [-0.05, 0) is 53.8 Å². The van der Waals surface area contributed by atoms with Crippen molar-refractivity contribution >= 4 is 17.5 Å². The van der Waals surface area contributed by atoms with Crippen molar-refractivity contribution in [2.45, 2.75) is 56.4 Å². The van der Waals surface area contributed by atoms with Gasteiger partial charge in [0.1, 0.15) is 17.9 Å². The SMILES string of the molecule is NC(=O)c1ccc(OC(F)F)c(F)c1-c1c(Cl)c(F)cc2c1C[C@@](CN[C@H]1CC[C@H](n3cnnn3)CC1)(c1ccccc1)O2. The maximum atomic E-state index is 15.8. The predicted molar refractivity (Wildman–Crippen MR) is 152 cm³/mol. The topological polar surface area (TPSA) is 117 Å². The molecule has 0 unspecified atom stereocenters. The fraction of sp³-hybridized carbons (Fsp3) is 0.333. The second kappa shape index (κ2) is 12.0. The largest absolute Gasteiger partial charge is 0.480 e. The van der Waals surface area contributed by atoms with Crippen molar-refractivity contribution in [1.82, 2.24) is 25.5 Å². The van der Waals surface area contributed by atoms with E-state index in [1.807, 2.05) is 30.3 Å². The van der Waals surface area contributed by atoms with Crippen LogP contribution in [0.5, 0.6) is 11.5 Å². The Morgan fingerprint density at radius 3 is 2.55 bits per heavy atom. The lowest BCUT2D eigenvalue weighted by atomic mass is 9.84. The van der Waals surface area contributed by atoms with Crippen LogP contribution in [0.2, 0.25) is 5.02 Å². The van der Waals surface area contributed by atoms with Crippen LogP contribution in [0.15, 0.2) is 54.9 Å². The number of carbonyl (C=O) groups is 1. The van der Waals surface area contributed by atoms with Crippen LogP contribution in [0.25, 0.3) is 11.1 Å². The van der Waals surface area contributed by atoms with Crippen molar-refractivity contribution in [3.63, 3.8) is 0 Å². The molecule has 4 aromatic rings. The Bertz CT molecular complexity index is 1670. The third-order valence-corrected chi connectivity index (χ3v) is 8.67. The number of ether oxygens (including phenoxy) is 2. The zero-order chi connectivity index (χ0) is 31.0. The van der Waals surface area contributed by atoms with Gasteiger partial charge in [-0.2, -0.15) is 8.78 Å². The molecule has 6 rings (SSSR count). The zero-order valence-electron chi connectivity index (χ0n) is 23.2. The molecule has 1 saturated carbocycles. The van der Waals surface area contributed by atoms with Gasteiger partial charge in [0.25, 0.3) is 0 Å². The number of fused-ring (bicyclic) bond motifs is 1. The number of hydrogen-bond acceptors (Lipinski definition) is 7. The molecule has 14 heteroatoms. The van der Waals surface area contributed by atoms with Gasteiger partial charge in [0, 0.05) is 41.8 Å². The number of alkyl halides is 2. The molecule has 3 N–H and O–H groups in total. The van der Waals surface area contributed by atoms with Crippen molar-refractivity contribution in [1.29, 1.82) is 0 Å². The van der Waals surface area contributed by atoms with Gasteiger partial charge in [0.2, 0.25) is 5.91 Å². The van der Waals surface area contributed by atoms with Crippen molar-refractivity contribution in [3.8, 4) is 22.6 Å². The molecule has 0 spiro atoms. The van der Waals surface area contributed by atoms with Crippen LogP contribution in [0.1, 0.15) is 53.2 Å². The Morgan fingerprint density at radius 1 is 1.14 bits per heavy atom. The lowest BCUT2D eigenvalue weighted by Gasteiger charge is -2.34. The number of hydrogen-bond donors (Lipinski definition) is 2. The highest BCUT2D eigenvalue weighted by Crippen LogP contribution is 2.50. The Kier molecular flexibility index (Phi) is 8.16. The lowest BCUT2D eigenvalue weighted by Crippen LogP contribution is -2.46. The first-order valence-corrected chi connectivity index (χ1v) is 14.3. The molecule has 0 radical (unpaired) electrons. The Labute approximate surface area is 254 Å². The molecule has 1 fully saturated rings. The van der Waals surface area contributed by atoms with Gasteiger partial charge in [-0.15, -0.1) is 5.10 Å². The van der Waals surface area contributed by atoms with E-state index in [0.29, 0.717) is 12.1 Å². The molecule has 0 bridgehead atoms. The van der Waals surface area contributed by atoms with Crippen LogP contribution in [-0.2, 0) is 12.0 Å². The van der Waals surface area contributed by atoms with E-state index >= 15 is 8.78 Å². The van der Waals surface area contributed by atoms with Gasteiger partial charge in [0.05, 0.1) is 16.6 Å². The molecule has 230 valence electrons. The summed E-state index contributed by atoms with van der Waals surface area (Å²) in [5, 5.41) is 14.5. The Balaban J connectivity index is 1.37. The summed E-state index contributed by atoms with van der Waals surface area (Å²) >= 11 is 6.44. The minimum Gasteiger partial charge on any atom is -0.480 e. The number of carbonyl (C=O) groups excluding carboxylic acids is 1. The standard InChI is InChI=1S/C30H27ClF4N6O3/c31-26-21(32)12-23-20(24(26)25-19(28(36)42)10-11-22(27(25)33)43-29(34)35)13-30(44-23,16-4-2-1-3-5-16)14-37-17-6-8-18(9-7-17)41-15-38-39-40-41/h1-5,10-12,15,17-18,29,37H,6-9,13-14H2,(H2,36,42)/t17-,18-,30-/m1/s1. The van der Waals surface area contributed by atoms with Gasteiger partial charge in [-0.3, -0.25) is 4.79 Å². The van der Waals surface area contributed by atoms with E-state index < -0.39 is 46.1 Å². The number of nitrogens with two attached hydrogens (primary N) is 1. The van der Waals surface area contributed by atoms with Gasteiger partial charge >= 0.3 is 6.61 Å². The maximum Gasteiger partial charge on any atom is 0.387 e. The van der Waals surface area contributed by atoms with E-state index in [4.69, 9.17) is 22.1 Å². The van der Waals surface area contributed by atoms with E-state index in [9.17, 15) is 13.6 Å². The molecule has 1 aliphatic heterocycles. The summed E-state index contributed by atoms with van der Waals surface area (Å²) in [6.07, 6.45) is 5.11. The van der Waals surface area contributed by atoms with Crippen LogP contribution in [0.4, 0.5) is 17.6 Å². The summed E-state index contributed by atoms with van der Waals surface area (Å²) in [4.78, 5) is 12.4. The third-order valence-electron chi connectivity index (χ3n) is 8.30. The molecule has 0 saturated heterocycles. The summed E-state index contributed by atoms with van der Waals surface area (Å²) in [7, 11) is 0. The lowest BCUT2D eigenvalue weighted by molar-refractivity contribution is -0.0521. The molecular weight excluding hydrogens is 604 g/mol. The number of nitrogens with zero attached hydrogens (tertiary/aromatic N) is 4. The minimum absolute atomic E-state index is 0.0740. The summed E-state index contributed by atoms with van der Waals surface area (Å²) < 4.78 is 69.9. The summed E-state index contributed by atoms with van der Waals surface area (Å²) in [5.41, 5.74) is 4.37. The Hall–Kier alpha value is -4.23. The first-order chi connectivity index (χ1) is 21.2. The van der Waals surface area contributed by atoms with Crippen LogP contribution in [-0.4, -0.2) is 45.3 Å². The molecular formula is C30H27ClF4N6O3. The summed E-state index contributed by atoms with van der Waals surface area (Å²) in [6.45, 7) is -3.06. The van der Waals surface area contributed by atoms with Crippen molar-refractivity contribution in [2.75, 3.05) is 6.54 Å². The average Bonchev–Trinajstić information content (AvgIpc) is 3.68. The number of rotatable bonds is 9. The number of aromatic nitrogens is 4. The monoisotopic (exact) mass is 630 g/mol. The summed E-state index contributed by atoms with van der Waals surface area (Å²) in [5.74, 6) is -4.12. The molecule has 1 aromatic heterocycles. The summed E-state index contributed by atoms with van der Waals surface area (Å²) in [6, 6.07) is 12.6. The third kappa shape index (κ3) is 5.57. The smallest absolute Gasteiger partial charge is 0.387 e. The molecule has 1 aliphatic carbocycles. The Morgan fingerprint density at radius 2 is 1.89 bits per heavy atom. The van der Waals surface area contributed by atoms with E-state index in [1.54, 1.807) is 11.0 Å². The van der Waals surface area contributed by atoms with Crippen molar-refractivity contribution < 1.29 is 31.8 Å². The molecule has 3 aromatic carbocycles. The fourth-order valence-corrected chi connectivity index (χ4v) is 6.45. The molecule has 9 nitrogen and oxygen atoms in total. The second-order valence-corrected chi connectivity index (χ2v) is 11.3. The second-order valence-electron chi connectivity index (χ2n) is 10.9. The van der Waals surface area contributed by atoms with Crippen LogP contribution in [0.3, 0.4) is 0 Å².